The van der Waals surface area contributed by atoms with Crippen molar-refractivity contribution in [2.45, 2.75) is 110 Å². The molecular formula is C21H42O. The number of rotatable bonds is 18. The normalized spacial score (nSPS) is 11.5. The highest BCUT2D eigenvalue weighted by Gasteiger charge is 1.91. The predicted octanol–water partition coefficient (Wildman–Crippen LogP) is 7.45. The highest BCUT2D eigenvalue weighted by atomic mass is 16.5. The fourth-order valence-electron chi connectivity index (χ4n) is 2.77. The van der Waals surface area contributed by atoms with Crippen molar-refractivity contribution < 1.29 is 4.74 Å². The Bertz CT molecular complexity index is 210. The van der Waals surface area contributed by atoms with E-state index >= 15 is 0 Å². The van der Waals surface area contributed by atoms with Crippen LogP contribution in [-0.4, -0.2) is 13.2 Å². The Kier molecular flexibility index (Phi) is 20.4. The fourth-order valence-corrected chi connectivity index (χ4v) is 2.77. The predicted molar refractivity (Wildman–Crippen MR) is 101 cm³/mol. The highest BCUT2D eigenvalue weighted by Crippen LogP contribution is 2.10. The average molecular weight is 311 g/mol. The summed E-state index contributed by atoms with van der Waals surface area (Å²) in [5.41, 5.74) is 0. The summed E-state index contributed by atoms with van der Waals surface area (Å²) in [5.74, 6) is 0. The maximum absolute atomic E-state index is 5.35. The van der Waals surface area contributed by atoms with Crippen LogP contribution in [0.4, 0.5) is 0 Å². The van der Waals surface area contributed by atoms with E-state index in [0.717, 1.165) is 13.2 Å². The van der Waals surface area contributed by atoms with Crippen molar-refractivity contribution in [3.05, 3.63) is 12.2 Å². The monoisotopic (exact) mass is 310 g/mol. The first-order valence-corrected chi connectivity index (χ1v) is 10.1. The van der Waals surface area contributed by atoms with Crippen LogP contribution in [0.3, 0.4) is 0 Å². The molecule has 0 spiro atoms. The second-order valence-electron chi connectivity index (χ2n) is 6.49. The minimum Gasteiger partial charge on any atom is -0.382 e. The van der Waals surface area contributed by atoms with Gasteiger partial charge < -0.3 is 4.74 Å². The number of hydrogen-bond donors (Lipinski definition) is 0. The molecule has 1 heteroatoms. The topological polar surface area (TPSA) is 9.23 Å². The smallest absolute Gasteiger partial charge is 0.0465 e. The summed E-state index contributed by atoms with van der Waals surface area (Å²) in [4.78, 5) is 0. The van der Waals surface area contributed by atoms with Gasteiger partial charge in [-0.05, 0) is 39.0 Å². The van der Waals surface area contributed by atoms with Crippen LogP contribution < -0.4 is 0 Å². The van der Waals surface area contributed by atoms with Gasteiger partial charge in [-0.2, -0.15) is 0 Å². The van der Waals surface area contributed by atoms with Crippen LogP contribution in [0, 0.1) is 0 Å². The average Bonchev–Trinajstić information content (AvgIpc) is 2.54. The van der Waals surface area contributed by atoms with Crippen molar-refractivity contribution in [1.29, 1.82) is 0 Å². The molecule has 0 N–H and O–H groups in total. The van der Waals surface area contributed by atoms with Gasteiger partial charge >= 0.3 is 0 Å². The quantitative estimate of drug-likeness (QED) is 0.189. The van der Waals surface area contributed by atoms with Gasteiger partial charge in [0.15, 0.2) is 0 Å². The molecule has 0 aromatic carbocycles. The Morgan fingerprint density at radius 3 is 1.50 bits per heavy atom. The molecule has 0 atom stereocenters. The van der Waals surface area contributed by atoms with Gasteiger partial charge in [0.25, 0.3) is 0 Å². The lowest BCUT2D eigenvalue weighted by atomic mass is 10.1. The Labute approximate surface area is 140 Å². The zero-order valence-electron chi connectivity index (χ0n) is 15.6. The fraction of sp³-hybridized carbons (Fsp3) is 0.905. The van der Waals surface area contributed by atoms with Crippen LogP contribution in [0.15, 0.2) is 12.2 Å². The molecule has 0 aliphatic carbocycles. The van der Waals surface area contributed by atoms with Crippen LogP contribution in [0.1, 0.15) is 110 Å². The number of ether oxygens (including phenoxy) is 1. The van der Waals surface area contributed by atoms with Gasteiger partial charge in [0.1, 0.15) is 0 Å². The molecule has 22 heavy (non-hydrogen) atoms. The standard InChI is InChI=1S/C21H42O/c1-3-5-6-7-8-9-10-11-12-13-14-15-16-17-18-19-20-21-22-4-2/h12-13H,3-11,14-21H2,1-2H3/b13-12-. The van der Waals surface area contributed by atoms with Crippen LogP contribution in [0.2, 0.25) is 0 Å². The summed E-state index contributed by atoms with van der Waals surface area (Å²) in [5, 5.41) is 0. The van der Waals surface area contributed by atoms with Crippen molar-refractivity contribution in [2.24, 2.45) is 0 Å². The lowest BCUT2D eigenvalue weighted by Gasteiger charge is -2.01. The van der Waals surface area contributed by atoms with Crippen molar-refractivity contribution in [3.8, 4) is 0 Å². The third-order valence-corrected chi connectivity index (χ3v) is 4.25. The Morgan fingerprint density at radius 2 is 1.00 bits per heavy atom. The molecule has 0 aliphatic heterocycles. The van der Waals surface area contributed by atoms with Gasteiger partial charge in [0.2, 0.25) is 0 Å². The molecule has 0 heterocycles. The summed E-state index contributed by atoms with van der Waals surface area (Å²) in [6.07, 6.45) is 25.5. The van der Waals surface area contributed by atoms with Gasteiger partial charge in [-0.15, -0.1) is 0 Å². The first kappa shape index (κ1) is 21.7. The molecule has 0 radical (unpaired) electrons. The molecule has 0 rings (SSSR count). The maximum Gasteiger partial charge on any atom is 0.0465 e. The van der Waals surface area contributed by atoms with Gasteiger partial charge in [-0.25, -0.2) is 0 Å². The van der Waals surface area contributed by atoms with Gasteiger partial charge in [-0.1, -0.05) is 83.3 Å². The second kappa shape index (κ2) is 20.7. The van der Waals surface area contributed by atoms with Crippen LogP contribution in [-0.2, 0) is 4.74 Å². The maximum atomic E-state index is 5.35. The number of unbranched alkanes of at least 4 members (excludes halogenated alkanes) is 13. The van der Waals surface area contributed by atoms with Gasteiger partial charge in [0, 0.05) is 13.2 Å². The molecule has 0 aromatic rings. The first-order chi connectivity index (χ1) is 10.9. The van der Waals surface area contributed by atoms with Crippen molar-refractivity contribution in [2.75, 3.05) is 13.2 Å². The van der Waals surface area contributed by atoms with Gasteiger partial charge in [-0.3, -0.25) is 0 Å². The van der Waals surface area contributed by atoms with E-state index in [9.17, 15) is 0 Å². The zero-order valence-corrected chi connectivity index (χ0v) is 15.6. The van der Waals surface area contributed by atoms with E-state index in [1.807, 2.05) is 0 Å². The molecule has 0 aliphatic rings. The van der Waals surface area contributed by atoms with Crippen LogP contribution in [0.5, 0.6) is 0 Å². The Hall–Kier alpha value is -0.300. The van der Waals surface area contributed by atoms with Crippen molar-refractivity contribution in [1.82, 2.24) is 0 Å². The van der Waals surface area contributed by atoms with E-state index in [4.69, 9.17) is 4.74 Å². The molecule has 132 valence electrons. The third-order valence-electron chi connectivity index (χ3n) is 4.25. The van der Waals surface area contributed by atoms with Gasteiger partial charge in [0.05, 0.1) is 0 Å². The minimum absolute atomic E-state index is 0.866. The Morgan fingerprint density at radius 1 is 0.545 bits per heavy atom. The Balaban J connectivity index is 3.02. The number of hydrogen-bond acceptors (Lipinski definition) is 1. The second-order valence-corrected chi connectivity index (χ2v) is 6.49. The summed E-state index contributed by atoms with van der Waals surface area (Å²) >= 11 is 0. The lowest BCUT2D eigenvalue weighted by molar-refractivity contribution is 0.143. The molecule has 0 amide bonds. The van der Waals surface area contributed by atoms with E-state index in [2.05, 4.69) is 26.0 Å². The minimum atomic E-state index is 0.866. The molecule has 0 unspecified atom stereocenters. The summed E-state index contributed by atoms with van der Waals surface area (Å²) in [7, 11) is 0. The largest absolute Gasteiger partial charge is 0.382 e. The molecule has 0 saturated carbocycles. The molecule has 0 saturated heterocycles. The first-order valence-electron chi connectivity index (χ1n) is 10.1. The highest BCUT2D eigenvalue weighted by molar-refractivity contribution is 4.81. The van der Waals surface area contributed by atoms with E-state index in [-0.39, 0.29) is 0 Å². The number of allylic oxidation sites excluding steroid dienone is 2. The van der Waals surface area contributed by atoms with Crippen molar-refractivity contribution >= 4 is 0 Å². The van der Waals surface area contributed by atoms with Crippen LogP contribution >= 0.6 is 0 Å². The summed E-state index contributed by atoms with van der Waals surface area (Å²) < 4.78 is 5.35. The molecule has 0 fully saturated rings. The van der Waals surface area contributed by atoms with Crippen LogP contribution in [0.25, 0.3) is 0 Å². The molecule has 0 aromatic heterocycles. The van der Waals surface area contributed by atoms with Crippen molar-refractivity contribution in [3.63, 3.8) is 0 Å². The molecule has 1 nitrogen and oxygen atoms in total. The van der Waals surface area contributed by atoms with E-state index in [1.54, 1.807) is 0 Å². The zero-order chi connectivity index (χ0) is 16.1. The SMILES string of the molecule is CCCCCCCCC/C=C\CCCCCCCCOCC. The molecular weight excluding hydrogens is 268 g/mol. The summed E-state index contributed by atoms with van der Waals surface area (Å²) in [6, 6.07) is 0. The summed E-state index contributed by atoms with van der Waals surface area (Å²) in [6.45, 7) is 6.18. The lowest BCUT2D eigenvalue weighted by Crippen LogP contribution is -1.92. The third kappa shape index (κ3) is 19.7. The van der Waals surface area contributed by atoms with E-state index < -0.39 is 0 Å². The van der Waals surface area contributed by atoms with E-state index in [0.29, 0.717) is 0 Å². The van der Waals surface area contributed by atoms with E-state index in [1.165, 1.54) is 96.3 Å². The molecule has 0 bridgehead atoms.